The second-order valence-corrected chi connectivity index (χ2v) is 2.20. The van der Waals surface area contributed by atoms with Crippen LogP contribution < -0.4 is 5.46 Å². The Labute approximate surface area is 71.2 Å². The molecule has 0 atom stereocenters. The van der Waals surface area contributed by atoms with Gasteiger partial charge in [-0.15, -0.1) is 0 Å². The third-order valence-corrected chi connectivity index (χ3v) is 1.29. The van der Waals surface area contributed by atoms with Gasteiger partial charge in [0.25, 0.3) is 0 Å². The van der Waals surface area contributed by atoms with Crippen molar-refractivity contribution >= 4 is 12.6 Å². The van der Waals surface area contributed by atoms with Gasteiger partial charge < -0.3 is 10.0 Å². The highest BCUT2D eigenvalue weighted by molar-refractivity contribution is 6.59. The summed E-state index contributed by atoms with van der Waals surface area (Å²) in [4.78, 5) is 6.16. The lowest BCUT2D eigenvalue weighted by Gasteiger charge is -2.09. The molecule has 70 valence electrons. The van der Waals surface area contributed by atoms with Gasteiger partial charge in [-0.1, -0.05) is 0 Å². The van der Waals surface area contributed by atoms with E-state index in [0.29, 0.717) is 12.5 Å². The van der Waals surface area contributed by atoms with Crippen molar-refractivity contribution in [2.24, 2.45) is 0 Å². The van der Waals surface area contributed by atoms with Crippen LogP contribution in [0.5, 0.6) is 0 Å². The maximum atomic E-state index is 12.1. The Hall–Kier alpha value is -1.15. The minimum atomic E-state index is -4.71. The first-order valence-corrected chi connectivity index (χ1v) is 3.16. The van der Waals surface area contributed by atoms with Gasteiger partial charge in [-0.3, -0.25) is 0 Å². The Morgan fingerprint density at radius 2 is 1.92 bits per heavy atom. The van der Waals surface area contributed by atoms with Crippen molar-refractivity contribution in [2.75, 3.05) is 0 Å². The predicted molar refractivity (Wildman–Crippen MR) is 36.9 cm³/mol. The Kier molecular flexibility index (Phi) is 2.53. The van der Waals surface area contributed by atoms with Gasteiger partial charge in [0.2, 0.25) is 0 Å². The molecule has 0 bridgehead atoms. The van der Waals surface area contributed by atoms with E-state index in [1.54, 1.807) is 0 Å². The number of alkyl halides is 3. The maximum absolute atomic E-state index is 12.1. The van der Waals surface area contributed by atoms with Gasteiger partial charge in [0, 0.05) is 11.7 Å². The van der Waals surface area contributed by atoms with Crippen molar-refractivity contribution in [1.82, 2.24) is 9.97 Å². The number of hydrogen-bond acceptors (Lipinski definition) is 4. The molecule has 0 radical (unpaired) electrons. The van der Waals surface area contributed by atoms with Gasteiger partial charge in [-0.2, -0.15) is 13.2 Å². The molecule has 0 saturated carbocycles. The fourth-order valence-electron chi connectivity index (χ4n) is 0.766. The molecular weight excluding hydrogens is 188 g/mol. The van der Waals surface area contributed by atoms with Crippen LogP contribution in [0.3, 0.4) is 0 Å². The van der Waals surface area contributed by atoms with E-state index in [4.69, 9.17) is 10.0 Å². The molecule has 0 unspecified atom stereocenters. The van der Waals surface area contributed by atoms with Crippen LogP contribution in [-0.4, -0.2) is 27.1 Å². The van der Waals surface area contributed by atoms with Crippen LogP contribution in [0.2, 0.25) is 0 Å². The molecular formula is C5H4BF3N2O2. The molecule has 0 aliphatic carbocycles. The quantitative estimate of drug-likeness (QED) is 0.570. The zero-order valence-electron chi connectivity index (χ0n) is 6.15. The third-order valence-electron chi connectivity index (χ3n) is 1.29. The molecule has 0 aromatic carbocycles. The lowest BCUT2D eigenvalue weighted by atomic mass is 9.80. The number of nitrogens with zero attached hydrogens (tertiary/aromatic N) is 2. The zero-order chi connectivity index (χ0) is 10.1. The van der Waals surface area contributed by atoms with Crippen LogP contribution >= 0.6 is 0 Å². The van der Waals surface area contributed by atoms with E-state index in [1.165, 1.54) is 0 Å². The zero-order valence-corrected chi connectivity index (χ0v) is 6.15. The average Bonchev–Trinajstić information content (AvgIpc) is 2.03. The van der Waals surface area contributed by atoms with Gasteiger partial charge >= 0.3 is 13.3 Å². The Morgan fingerprint density at radius 3 is 2.31 bits per heavy atom. The van der Waals surface area contributed by atoms with E-state index in [-0.39, 0.29) is 0 Å². The van der Waals surface area contributed by atoms with E-state index in [9.17, 15) is 13.2 Å². The smallest absolute Gasteiger partial charge is 0.423 e. The summed E-state index contributed by atoms with van der Waals surface area (Å²) < 4.78 is 36.3. The molecule has 0 aliphatic rings. The van der Waals surface area contributed by atoms with E-state index in [0.717, 1.165) is 0 Å². The summed E-state index contributed by atoms with van der Waals surface area (Å²) in [5.41, 5.74) is -2.09. The van der Waals surface area contributed by atoms with Gasteiger partial charge in [0.15, 0.2) is 0 Å². The van der Waals surface area contributed by atoms with Gasteiger partial charge in [-0.05, 0) is 0 Å². The van der Waals surface area contributed by atoms with E-state index in [1.807, 2.05) is 0 Å². The number of hydrogen-bond donors (Lipinski definition) is 2. The topological polar surface area (TPSA) is 66.2 Å². The third kappa shape index (κ3) is 2.16. The van der Waals surface area contributed by atoms with Crippen molar-refractivity contribution in [3.63, 3.8) is 0 Å². The Balaban J connectivity index is 3.20. The van der Waals surface area contributed by atoms with Crippen LogP contribution in [0.25, 0.3) is 0 Å². The monoisotopic (exact) mass is 192 g/mol. The summed E-state index contributed by atoms with van der Waals surface area (Å²) in [6.45, 7) is 0. The molecule has 0 amide bonds. The minimum Gasteiger partial charge on any atom is -0.423 e. The second kappa shape index (κ2) is 3.31. The molecule has 1 aromatic rings. The standard InChI is InChI=1S/C5H4BF3N2O2/c7-5(8,9)4-3(6(12)13)1-10-2-11-4/h1-2,12-13H. The average molecular weight is 192 g/mol. The predicted octanol–water partition coefficient (Wildman–Crippen LogP) is -0.825. The van der Waals surface area contributed by atoms with Crippen LogP contribution in [0.15, 0.2) is 12.5 Å². The molecule has 2 N–H and O–H groups in total. The highest BCUT2D eigenvalue weighted by Gasteiger charge is 2.38. The number of rotatable bonds is 1. The van der Waals surface area contributed by atoms with E-state index in [2.05, 4.69) is 9.97 Å². The highest BCUT2D eigenvalue weighted by Crippen LogP contribution is 2.25. The Morgan fingerprint density at radius 1 is 1.31 bits per heavy atom. The van der Waals surface area contributed by atoms with Gasteiger partial charge in [0.05, 0.1) is 0 Å². The maximum Gasteiger partial charge on any atom is 0.492 e. The van der Waals surface area contributed by atoms with Crippen molar-refractivity contribution in [3.05, 3.63) is 18.2 Å². The molecule has 4 nitrogen and oxygen atoms in total. The van der Waals surface area contributed by atoms with Crippen LogP contribution in [0.1, 0.15) is 5.69 Å². The number of aromatic nitrogens is 2. The van der Waals surface area contributed by atoms with Gasteiger partial charge in [0.1, 0.15) is 12.0 Å². The van der Waals surface area contributed by atoms with E-state index < -0.39 is 24.5 Å². The molecule has 0 saturated heterocycles. The summed E-state index contributed by atoms with van der Waals surface area (Å²) in [5, 5.41) is 17.1. The number of halogens is 3. The molecule has 8 heteroatoms. The normalized spacial score (nSPS) is 11.5. The van der Waals surface area contributed by atoms with Crippen molar-refractivity contribution < 1.29 is 23.2 Å². The van der Waals surface area contributed by atoms with Crippen molar-refractivity contribution in [3.8, 4) is 0 Å². The van der Waals surface area contributed by atoms with Crippen LogP contribution in [0.4, 0.5) is 13.2 Å². The molecule has 1 rings (SSSR count). The first-order chi connectivity index (χ1) is 5.93. The lowest BCUT2D eigenvalue weighted by molar-refractivity contribution is -0.140. The van der Waals surface area contributed by atoms with Crippen molar-refractivity contribution in [1.29, 1.82) is 0 Å². The SMILES string of the molecule is OB(O)c1cncnc1C(F)(F)F. The summed E-state index contributed by atoms with van der Waals surface area (Å²) in [5.74, 6) is 0. The molecule has 0 fully saturated rings. The fraction of sp³-hybridized carbons (Fsp3) is 0.200. The van der Waals surface area contributed by atoms with E-state index >= 15 is 0 Å². The van der Waals surface area contributed by atoms with Crippen molar-refractivity contribution in [2.45, 2.75) is 6.18 Å². The van der Waals surface area contributed by atoms with Crippen LogP contribution in [-0.2, 0) is 6.18 Å². The molecule has 0 spiro atoms. The fourth-order valence-corrected chi connectivity index (χ4v) is 0.766. The lowest BCUT2D eigenvalue weighted by Crippen LogP contribution is -2.37. The minimum absolute atomic E-state index is 0.689. The summed E-state index contributed by atoms with van der Waals surface area (Å²) in [6.07, 6.45) is -3.31. The molecule has 1 aromatic heterocycles. The Bertz CT molecular complexity index is 304. The summed E-state index contributed by atoms with van der Waals surface area (Å²) in [7, 11) is -2.22. The molecule has 13 heavy (non-hydrogen) atoms. The largest absolute Gasteiger partial charge is 0.492 e. The first kappa shape index (κ1) is 9.94. The summed E-state index contributed by atoms with van der Waals surface area (Å²) in [6, 6.07) is 0. The first-order valence-electron chi connectivity index (χ1n) is 3.16. The second-order valence-electron chi connectivity index (χ2n) is 2.20. The highest BCUT2D eigenvalue weighted by atomic mass is 19.4. The van der Waals surface area contributed by atoms with Crippen LogP contribution in [0, 0.1) is 0 Å². The molecule has 0 aliphatic heterocycles. The summed E-state index contributed by atoms with van der Waals surface area (Å²) >= 11 is 0. The van der Waals surface area contributed by atoms with Gasteiger partial charge in [-0.25, -0.2) is 9.97 Å². The molecule has 1 heterocycles.